The Balaban J connectivity index is 2.37. The number of hydrogen-bond donors (Lipinski definition) is 1. The molecule has 76 valence electrons. The number of hydrogen-bond acceptors (Lipinski definition) is 2. The zero-order valence-electron chi connectivity index (χ0n) is 9.01. The number of allylic oxidation sites excluding steroid dienone is 1. The lowest BCUT2D eigenvalue weighted by atomic mass is 10.0. The molecular formula is C11H21NO. The fourth-order valence-corrected chi connectivity index (χ4v) is 1.70. The van der Waals surface area contributed by atoms with Crippen LogP contribution in [0.1, 0.15) is 33.6 Å². The summed E-state index contributed by atoms with van der Waals surface area (Å²) in [4.78, 5) is 2.32. The van der Waals surface area contributed by atoms with Crippen molar-refractivity contribution in [3.63, 3.8) is 0 Å². The van der Waals surface area contributed by atoms with Gasteiger partial charge in [-0.3, -0.25) is 4.90 Å². The third kappa shape index (κ3) is 3.12. The van der Waals surface area contributed by atoms with E-state index in [2.05, 4.69) is 31.7 Å². The summed E-state index contributed by atoms with van der Waals surface area (Å²) in [6, 6.07) is 0. The molecule has 0 saturated carbocycles. The first-order valence-electron chi connectivity index (χ1n) is 5.14. The Hall–Kier alpha value is -0.340. The molecule has 0 spiro atoms. The van der Waals surface area contributed by atoms with Crippen molar-refractivity contribution in [2.24, 2.45) is 0 Å². The molecule has 1 aliphatic rings. The smallest absolute Gasteiger partial charge is 0.0783 e. The fourth-order valence-electron chi connectivity index (χ4n) is 1.70. The first-order chi connectivity index (χ1) is 6.06. The Morgan fingerprint density at radius 3 is 2.69 bits per heavy atom. The minimum absolute atomic E-state index is 0.407. The summed E-state index contributed by atoms with van der Waals surface area (Å²) in [6.07, 6.45) is 4.03. The SMILES string of the molecule is CCC1(O)CCN(CC=C(C)C)C1. The number of rotatable bonds is 3. The van der Waals surface area contributed by atoms with Crippen LogP contribution in [0.3, 0.4) is 0 Å². The summed E-state index contributed by atoms with van der Waals surface area (Å²) in [5, 5.41) is 9.97. The van der Waals surface area contributed by atoms with E-state index in [0.717, 1.165) is 32.5 Å². The van der Waals surface area contributed by atoms with Crippen LogP contribution in [0.4, 0.5) is 0 Å². The topological polar surface area (TPSA) is 23.5 Å². The molecule has 0 aromatic heterocycles. The Labute approximate surface area is 81.2 Å². The summed E-state index contributed by atoms with van der Waals surface area (Å²) in [7, 11) is 0. The van der Waals surface area contributed by atoms with Gasteiger partial charge in [-0.25, -0.2) is 0 Å². The third-order valence-corrected chi connectivity index (χ3v) is 2.83. The predicted octanol–water partition coefficient (Wildman–Crippen LogP) is 1.80. The average molecular weight is 183 g/mol. The molecular weight excluding hydrogens is 162 g/mol. The van der Waals surface area contributed by atoms with E-state index in [1.54, 1.807) is 0 Å². The van der Waals surface area contributed by atoms with Gasteiger partial charge in [0, 0.05) is 19.6 Å². The highest BCUT2D eigenvalue weighted by atomic mass is 16.3. The van der Waals surface area contributed by atoms with Gasteiger partial charge in [0.2, 0.25) is 0 Å². The molecule has 0 aliphatic carbocycles. The molecule has 1 atom stereocenters. The molecule has 1 aliphatic heterocycles. The van der Waals surface area contributed by atoms with Crippen molar-refractivity contribution in [2.75, 3.05) is 19.6 Å². The molecule has 0 radical (unpaired) electrons. The largest absolute Gasteiger partial charge is 0.389 e. The number of nitrogens with zero attached hydrogens (tertiary/aromatic N) is 1. The highest BCUT2D eigenvalue weighted by molar-refractivity contribution is 4.98. The van der Waals surface area contributed by atoms with Crippen molar-refractivity contribution in [3.8, 4) is 0 Å². The molecule has 1 heterocycles. The standard InChI is InChI=1S/C11H21NO/c1-4-11(13)6-8-12(9-11)7-5-10(2)3/h5,13H,4,6-9H2,1-3H3. The zero-order chi connectivity index (χ0) is 9.90. The van der Waals surface area contributed by atoms with Gasteiger partial charge in [-0.15, -0.1) is 0 Å². The van der Waals surface area contributed by atoms with Crippen LogP contribution in [0.25, 0.3) is 0 Å². The van der Waals surface area contributed by atoms with Crippen molar-refractivity contribution in [3.05, 3.63) is 11.6 Å². The average Bonchev–Trinajstić information content (AvgIpc) is 2.45. The summed E-state index contributed by atoms with van der Waals surface area (Å²) < 4.78 is 0. The van der Waals surface area contributed by atoms with Crippen molar-refractivity contribution >= 4 is 0 Å². The second-order valence-corrected chi connectivity index (χ2v) is 4.34. The minimum atomic E-state index is -0.407. The highest BCUT2D eigenvalue weighted by Gasteiger charge is 2.33. The third-order valence-electron chi connectivity index (χ3n) is 2.83. The molecule has 0 aromatic rings. The summed E-state index contributed by atoms with van der Waals surface area (Å²) in [6.45, 7) is 9.15. The van der Waals surface area contributed by atoms with E-state index in [0.29, 0.717) is 0 Å². The summed E-state index contributed by atoms with van der Waals surface area (Å²) in [5.41, 5.74) is 0.946. The zero-order valence-corrected chi connectivity index (χ0v) is 9.01. The molecule has 1 fully saturated rings. The lowest BCUT2D eigenvalue weighted by molar-refractivity contribution is 0.0467. The van der Waals surface area contributed by atoms with Gasteiger partial charge in [-0.2, -0.15) is 0 Å². The van der Waals surface area contributed by atoms with E-state index in [1.165, 1.54) is 5.57 Å². The van der Waals surface area contributed by atoms with Crippen LogP contribution >= 0.6 is 0 Å². The van der Waals surface area contributed by atoms with E-state index < -0.39 is 5.60 Å². The van der Waals surface area contributed by atoms with Crippen LogP contribution in [0.2, 0.25) is 0 Å². The molecule has 1 rings (SSSR count). The fraction of sp³-hybridized carbons (Fsp3) is 0.818. The van der Waals surface area contributed by atoms with Crippen LogP contribution in [0.15, 0.2) is 11.6 Å². The van der Waals surface area contributed by atoms with Gasteiger partial charge in [0.05, 0.1) is 5.60 Å². The lowest BCUT2D eigenvalue weighted by Gasteiger charge is -2.20. The van der Waals surface area contributed by atoms with Crippen molar-refractivity contribution in [1.29, 1.82) is 0 Å². The number of aliphatic hydroxyl groups is 1. The maximum atomic E-state index is 9.97. The Morgan fingerprint density at radius 2 is 2.23 bits per heavy atom. The van der Waals surface area contributed by atoms with E-state index >= 15 is 0 Å². The normalized spacial score (nSPS) is 29.2. The second-order valence-electron chi connectivity index (χ2n) is 4.34. The molecule has 1 saturated heterocycles. The van der Waals surface area contributed by atoms with Crippen molar-refractivity contribution in [2.45, 2.75) is 39.2 Å². The Kier molecular flexibility index (Phi) is 3.51. The van der Waals surface area contributed by atoms with Crippen molar-refractivity contribution in [1.82, 2.24) is 4.90 Å². The highest BCUT2D eigenvalue weighted by Crippen LogP contribution is 2.23. The Bertz CT molecular complexity index is 196. The van der Waals surface area contributed by atoms with Gasteiger partial charge >= 0.3 is 0 Å². The van der Waals surface area contributed by atoms with Gasteiger partial charge < -0.3 is 5.11 Å². The quantitative estimate of drug-likeness (QED) is 0.674. The van der Waals surface area contributed by atoms with Gasteiger partial charge in [-0.1, -0.05) is 18.6 Å². The van der Waals surface area contributed by atoms with Gasteiger partial charge in [0.25, 0.3) is 0 Å². The maximum absolute atomic E-state index is 9.97. The van der Waals surface area contributed by atoms with E-state index in [9.17, 15) is 5.11 Å². The maximum Gasteiger partial charge on any atom is 0.0783 e. The molecule has 0 bridgehead atoms. The second kappa shape index (κ2) is 4.25. The minimum Gasteiger partial charge on any atom is -0.389 e. The van der Waals surface area contributed by atoms with Crippen molar-refractivity contribution < 1.29 is 5.11 Å². The van der Waals surface area contributed by atoms with Gasteiger partial charge in [0.1, 0.15) is 0 Å². The van der Waals surface area contributed by atoms with Gasteiger partial charge in [-0.05, 0) is 26.7 Å². The van der Waals surface area contributed by atoms with E-state index in [1.807, 2.05) is 0 Å². The van der Waals surface area contributed by atoms with E-state index in [4.69, 9.17) is 0 Å². The van der Waals surface area contributed by atoms with Crippen LogP contribution in [0, 0.1) is 0 Å². The molecule has 1 N–H and O–H groups in total. The van der Waals surface area contributed by atoms with E-state index in [-0.39, 0.29) is 0 Å². The molecule has 13 heavy (non-hydrogen) atoms. The van der Waals surface area contributed by atoms with Crippen LogP contribution in [0.5, 0.6) is 0 Å². The summed E-state index contributed by atoms with van der Waals surface area (Å²) >= 11 is 0. The predicted molar refractivity (Wildman–Crippen MR) is 55.7 cm³/mol. The Morgan fingerprint density at radius 1 is 1.54 bits per heavy atom. The molecule has 1 unspecified atom stereocenters. The first kappa shape index (κ1) is 10.7. The molecule has 0 amide bonds. The monoisotopic (exact) mass is 183 g/mol. The number of likely N-dealkylation sites (tertiary alicyclic amines) is 1. The summed E-state index contributed by atoms with van der Waals surface area (Å²) in [5.74, 6) is 0. The molecule has 2 nitrogen and oxygen atoms in total. The molecule has 2 heteroatoms. The van der Waals surface area contributed by atoms with Crippen LogP contribution in [-0.4, -0.2) is 35.2 Å². The molecule has 0 aromatic carbocycles. The first-order valence-corrected chi connectivity index (χ1v) is 5.14. The lowest BCUT2D eigenvalue weighted by Crippen LogP contribution is -2.32. The van der Waals surface area contributed by atoms with Crippen LogP contribution < -0.4 is 0 Å². The van der Waals surface area contributed by atoms with Gasteiger partial charge in [0.15, 0.2) is 0 Å². The van der Waals surface area contributed by atoms with Crippen LogP contribution in [-0.2, 0) is 0 Å². The number of β-amino-alcohol motifs (C(OH)–C–C–N with tert-alkyl or cyclic N) is 1.